The molecule has 1 rings (SSSR count). The van der Waals surface area contributed by atoms with Gasteiger partial charge in [0.05, 0.1) is 6.20 Å². The molecule has 0 saturated carbocycles. The highest BCUT2D eigenvalue weighted by atomic mass is 31.2. The summed E-state index contributed by atoms with van der Waals surface area (Å²) in [6.45, 7) is 2.79. The van der Waals surface area contributed by atoms with Crippen LogP contribution < -0.4 is 0 Å². The topological polar surface area (TPSA) is 77.2 Å². The molecule has 0 aromatic carbocycles. The van der Waals surface area contributed by atoms with E-state index in [1.165, 1.54) is 4.68 Å². The minimum atomic E-state index is -3.46. The lowest BCUT2D eigenvalue weighted by atomic mass is 10.3. The highest BCUT2D eigenvalue weighted by Gasteiger charge is 2.19. The molecule has 0 spiro atoms. The maximum absolute atomic E-state index is 10.9. The smallest absolute Gasteiger partial charge is 0.324 e. The molecule has 13 heavy (non-hydrogen) atoms. The maximum Gasteiger partial charge on any atom is 0.325 e. The Bertz CT molecular complexity index is 332. The minimum absolute atomic E-state index is 0.519. The standard InChI is InChI=1S/C6H12N3O3P/c1-5(12-13(3,10)11)6-4-9(2)8-7-6/h4-5H,1-3H3,(H,10,11). The van der Waals surface area contributed by atoms with E-state index in [1.807, 2.05) is 0 Å². The van der Waals surface area contributed by atoms with E-state index >= 15 is 0 Å². The van der Waals surface area contributed by atoms with Gasteiger partial charge in [-0.3, -0.25) is 13.8 Å². The maximum atomic E-state index is 10.9. The summed E-state index contributed by atoms with van der Waals surface area (Å²) in [7, 11) is -1.74. The van der Waals surface area contributed by atoms with Crippen molar-refractivity contribution < 1.29 is 14.0 Å². The van der Waals surface area contributed by atoms with Crippen LogP contribution in [0, 0.1) is 0 Å². The fourth-order valence-electron chi connectivity index (χ4n) is 0.899. The van der Waals surface area contributed by atoms with Crippen LogP contribution in [0.3, 0.4) is 0 Å². The van der Waals surface area contributed by atoms with Crippen molar-refractivity contribution in [2.75, 3.05) is 6.66 Å². The van der Waals surface area contributed by atoms with Crippen molar-refractivity contribution in [2.45, 2.75) is 13.0 Å². The minimum Gasteiger partial charge on any atom is -0.324 e. The van der Waals surface area contributed by atoms with Gasteiger partial charge in [-0.2, -0.15) is 0 Å². The van der Waals surface area contributed by atoms with Crippen molar-refractivity contribution in [3.8, 4) is 0 Å². The van der Waals surface area contributed by atoms with Crippen LogP contribution >= 0.6 is 7.60 Å². The fraction of sp³-hybridized carbons (Fsp3) is 0.667. The third-order valence-corrected chi connectivity index (χ3v) is 2.10. The van der Waals surface area contributed by atoms with Gasteiger partial charge >= 0.3 is 7.60 Å². The summed E-state index contributed by atoms with van der Waals surface area (Å²) < 4.78 is 17.2. The molecule has 1 aromatic rings. The van der Waals surface area contributed by atoms with Crippen LogP contribution in [0.25, 0.3) is 0 Å². The van der Waals surface area contributed by atoms with Crippen molar-refractivity contribution >= 4 is 7.60 Å². The predicted octanol–water partition coefficient (Wildman–Crippen LogP) is 0.708. The zero-order valence-corrected chi connectivity index (χ0v) is 8.60. The third kappa shape index (κ3) is 3.26. The largest absolute Gasteiger partial charge is 0.325 e. The lowest BCUT2D eigenvalue weighted by Gasteiger charge is -2.11. The number of rotatable bonds is 3. The summed E-state index contributed by atoms with van der Waals surface area (Å²) in [5.74, 6) is 0. The number of nitrogens with zero attached hydrogens (tertiary/aromatic N) is 3. The molecule has 0 aliphatic carbocycles. The Labute approximate surface area is 76.1 Å². The van der Waals surface area contributed by atoms with Gasteiger partial charge in [0.2, 0.25) is 0 Å². The molecule has 0 bridgehead atoms. The zero-order chi connectivity index (χ0) is 10.1. The van der Waals surface area contributed by atoms with Crippen molar-refractivity contribution in [3.63, 3.8) is 0 Å². The van der Waals surface area contributed by atoms with Gasteiger partial charge in [0.1, 0.15) is 11.8 Å². The first kappa shape index (κ1) is 10.4. The van der Waals surface area contributed by atoms with E-state index in [0.29, 0.717) is 5.69 Å². The summed E-state index contributed by atoms with van der Waals surface area (Å²) in [5, 5.41) is 7.44. The van der Waals surface area contributed by atoms with E-state index in [-0.39, 0.29) is 0 Å². The average molecular weight is 205 g/mol. The number of hydrogen-bond acceptors (Lipinski definition) is 4. The molecular weight excluding hydrogens is 193 g/mol. The number of hydrogen-bond donors (Lipinski definition) is 1. The highest BCUT2D eigenvalue weighted by molar-refractivity contribution is 7.51. The van der Waals surface area contributed by atoms with Gasteiger partial charge < -0.3 is 4.89 Å². The van der Waals surface area contributed by atoms with Gasteiger partial charge in [0.25, 0.3) is 0 Å². The van der Waals surface area contributed by atoms with E-state index in [2.05, 4.69) is 10.3 Å². The summed E-state index contributed by atoms with van der Waals surface area (Å²) >= 11 is 0. The summed E-state index contributed by atoms with van der Waals surface area (Å²) in [5.41, 5.74) is 0.540. The lowest BCUT2D eigenvalue weighted by Crippen LogP contribution is -1.98. The second-order valence-corrected chi connectivity index (χ2v) is 4.68. The van der Waals surface area contributed by atoms with Crippen LogP contribution in [0.4, 0.5) is 0 Å². The Morgan fingerprint density at radius 2 is 2.38 bits per heavy atom. The molecule has 7 heteroatoms. The molecule has 74 valence electrons. The van der Waals surface area contributed by atoms with E-state index in [4.69, 9.17) is 9.42 Å². The molecule has 0 aliphatic rings. The van der Waals surface area contributed by atoms with E-state index in [9.17, 15) is 4.57 Å². The number of aryl methyl sites for hydroxylation is 1. The molecule has 2 unspecified atom stereocenters. The fourth-order valence-corrected chi connectivity index (χ4v) is 1.59. The SMILES string of the molecule is CC(OP(C)(=O)O)c1cn(C)nn1. The van der Waals surface area contributed by atoms with Gasteiger partial charge in [-0.25, -0.2) is 0 Å². The molecule has 1 heterocycles. The van der Waals surface area contributed by atoms with Crippen LogP contribution in [-0.4, -0.2) is 26.6 Å². The Morgan fingerprint density at radius 3 is 2.77 bits per heavy atom. The predicted molar refractivity (Wildman–Crippen MR) is 46.3 cm³/mol. The third-order valence-electron chi connectivity index (χ3n) is 1.39. The molecule has 2 atom stereocenters. The van der Waals surface area contributed by atoms with E-state index in [0.717, 1.165) is 6.66 Å². The molecule has 0 fully saturated rings. The Hall–Kier alpha value is -0.710. The molecule has 1 N–H and O–H groups in total. The molecule has 0 radical (unpaired) electrons. The molecule has 6 nitrogen and oxygen atoms in total. The highest BCUT2D eigenvalue weighted by Crippen LogP contribution is 2.41. The molecule has 0 aliphatic heterocycles. The van der Waals surface area contributed by atoms with Crippen molar-refractivity contribution in [3.05, 3.63) is 11.9 Å². The van der Waals surface area contributed by atoms with E-state index in [1.54, 1.807) is 20.2 Å². The van der Waals surface area contributed by atoms with Crippen LogP contribution in [0.15, 0.2) is 6.20 Å². The molecule has 0 saturated heterocycles. The Kier molecular flexibility index (Phi) is 2.85. The lowest BCUT2D eigenvalue weighted by molar-refractivity contribution is 0.191. The van der Waals surface area contributed by atoms with Gasteiger partial charge in [-0.05, 0) is 6.92 Å². The van der Waals surface area contributed by atoms with Crippen molar-refractivity contribution in [1.29, 1.82) is 0 Å². The van der Waals surface area contributed by atoms with Gasteiger partial charge in [0.15, 0.2) is 0 Å². The second kappa shape index (κ2) is 3.57. The zero-order valence-electron chi connectivity index (χ0n) is 7.71. The van der Waals surface area contributed by atoms with E-state index < -0.39 is 13.7 Å². The first-order valence-electron chi connectivity index (χ1n) is 3.73. The number of aromatic nitrogens is 3. The van der Waals surface area contributed by atoms with Crippen LogP contribution in [0.5, 0.6) is 0 Å². The Morgan fingerprint density at radius 1 is 1.77 bits per heavy atom. The van der Waals surface area contributed by atoms with Gasteiger partial charge in [0, 0.05) is 13.7 Å². The summed E-state index contributed by atoms with van der Waals surface area (Å²) in [6, 6.07) is 0. The molecular formula is C6H12N3O3P. The first-order chi connectivity index (χ1) is 5.88. The monoisotopic (exact) mass is 205 g/mol. The first-order valence-corrected chi connectivity index (χ1v) is 5.76. The Balaban J connectivity index is 2.69. The summed E-state index contributed by atoms with van der Waals surface area (Å²) in [6.07, 6.45) is 1.12. The van der Waals surface area contributed by atoms with Gasteiger partial charge in [-0.1, -0.05) is 5.21 Å². The second-order valence-electron chi connectivity index (χ2n) is 2.87. The normalized spacial score (nSPS) is 18.2. The van der Waals surface area contributed by atoms with Crippen molar-refractivity contribution in [1.82, 2.24) is 15.0 Å². The van der Waals surface area contributed by atoms with Crippen LogP contribution in [-0.2, 0) is 16.1 Å². The van der Waals surface area contributed by atoms with Crippen LogP contribution in [0.1, 0.15) is 18.7 Å². The van der Waals surface area contributed by atoms with Gasteiger partial charge in [-0.15, -0.1) is 5.10 Å². The van der Waals surface area contributed by atoms with Crippen molar-refractivity contribution in [2.24, 2.45) is 7.05 Å². The molecule has 1 aromatic heterocycles. The summed E-state index contributed by atoms with van der Waals surface area (Å²) in [4.78, 5) is 8.93. The quantitative estimate of drug-likeness (QED) is 0.735. The van der Waals surface area contributed by atoms with Crippen LogP contribution in [0.2, 0.25) is 0 Å². The average Bonchev–Trinajstić information content (AvgIpc) is 2.31. The molecule has 0 amide bonds.